The van der Waals surface area contributed by atoms with E-state index in [2.05, 4.69) is 25.7 Å². The van der Waals surface area contributed by atoms with Gasteiger partial charge in [0.15, 0.2) is 0 Å². The van der Waals surface area contributed by atoms with E-state index in [1.165, 1.54) is 16.5 Å². The topological polar surface area (TPSA) is 57.5 Å². The number of aliphatic hydroxyl groups is 1. The van der Waals surface area contributed by atoms with Crippen molar-refractivity contribution in [3.63, 3.8) is 0 Å². The van der Waals surface area contributed by atoms with Crippen molar-refractivity contribution in [2.45, 2.75) is 36.7 Å². The van der Waals surface area contributed by atoms with Crippen molar-refractivity contribution in [2.75, 3.05) is 5.75 Å². The molecule has 1 atom stereocenters. The summed E-state index contributed by atoms with van der Waals surface area (Å²) in [6.45, 7) is 4.44. The van der Waals surface area contributed by atoms with E-state index in [0.29, 0.717) is 5.56 Å². The van der Waals surface area contributed by atoms with Gasteiger partial charge in [-0.05, 0) is 46.9 Å². The number of aromatic carboxylic acids is 1. The molecular weight excluding hydrogens is 332 g/mol. The lowest BCUT2D eigenvalue weighted by Crippen LogP contribution is -2.23. The van der Waals surface area contributed by atoms with E-state index in [-0.39, 0.29) is 11.0 Å². The van der Waals surface area contributed by atoms with Crippen molar-refractivity contribution in [2.24, 2.45) is 0 Å². The summed E-state index contributed by atoms with van der Waals surface area (Å²) in [4.78, 5) is 12.5. The molecule has 1 unspecified atom stereocenters. The van der Waals surface area contributed by atoms with Gasteiger partial charge < -0.3 is 10.2 Å². The van der Waals surface area contributed by atoms with Gasteiger partial charge in [0, 0.05) is 10.5 Å². The van der Waals surface area contributed by atoms with Crippen molar-refractivity contribution in [1.29, 1.82) is 0 Å². The Balaban J connectivity index is 1.91. The van der Waals surface area contributed by atoms with Crippen LogP contribution in [0.15, 0.2) is 47.4 Å². The van der Waals surface area contributed by atoms with E-state index in [1.54, 1.807) is 18.2 Å². The van der Waals surface area contributed by atoms with Crippen LogP contribution in [-0.2, 0) is 5.41 Å². The maximum Gasteiger partial charge on any atom is 0.336 e. The van der Waals surface area contributed by atoms with Crippen LogP contribution in [-0.4, -0.2) is 21.9 Å². The van der Waals surface area contributed by atoms with E-state index < -0.39 is 12.1 Å². The molecule has 2 N–H and O–H groups in total. The number of hydrogen-bond acceptors (Lipinski definition) is 3. The normalized spacial score (nSPS) is 16.3. The first kappa shape index (κ1) is 17.6. The molecule has 128 valence electrons. The third-order valence-electron chi connectivity index (χ3n) is 4.53. The van der Waals surface area contributed by atoms with Crippen LogP contribution in [0.3, 0.4) is 0 Å². The standard InChI is InChI=1S/C21H20O3S/c1-21(2)11-12-25-19-10-8-15(13-17(19)21)18(22)9-7-14-5-3-4-6-16(14)20(23)24/h3-6,8,10,13,18,22H,11-12H2,1-2H3,(H,23,24). The lowest BCUT2D eigenvalue weighted by Gasteiger charge is -2.32. The Morgan fingerprint density at radius 1 is 1.24 bits per heavy atom. The lowest BCUT2D eigenvalue weighted by atomic mass is 9.81. The summed E-state index contributed by atoms with van der Waals surface area (Å²) in [5.41, 5.74) is 2.62. The van der Waals surface area contributed by atoms with Gasteiger partial charge in [-0.3, -0.25) is 0 Å². The number of rotatable bonds is 2. The molecule has 4 heteroatoms. The average molecular weight is 352 g/mol. The molecule has 0 fully saturated rings. The highest BCUT2D eigenvalue weighted by Crippen LogP contribution is 2.42. The predicted molar refractivity (Wildman–Crippen MR) is 100 cm³/mol. The number of carboxylic acid groups (broad SMARTS) is 1. The van der Waals surface area contributed by atoms with Gasteiger partial charge in [0.2, 0.25) is 0 Å². The van der Waals surface area contributed by atoms with Crippen molar-refractivity contribution in [3.05, 3.63) is 64.7 Å². The molecule has 0 amide bonds. The van der Waals surface area contributed by atoms with Crippen molar-refractivity contribution < 1.29 is 15.0 Å². The highest BCUT2D eigenvalue weighted by atomic mass is 32.2. The van der Waals surface area contributed by atoms with Gasteiger partial charge in [0.05, 0.1) is 5.56 Å². The highest BCUT2D eigenvalue weighted by molar-refractivity contribution is 7.99. The summed E-state index contributed by atoms with van der Waals surface area (Å²) >= 11 is 1.84. The maximum absolute atomic E-state index is 11.2. The van der Waals surface area contributed by atoms with E-state index >= 15 is 0 Å². The van der Waals surface area contributed by atoms with E-state index in [4.69, 9.17) is 0 Å². The zero-order chi connectivity index (χ0) is 18.0. The molecule has 25 heavy (non-hydrogen) atoms. The van der Waals surface area contributed by atoms with Crippen molar-refractivity contribution in [3.8, 4) is 11.8 Å². The van der Waals surface area contributed by atoms with E-state index in [0.717, 1.165) is 17.7 Å². The number of aliphatic hydroxyl groups excluding tert-OH is 1. The maximum atomic E-state index is 11.2. The van der Waals surface area contributed by atoms with Gasteiger partial charge in [0.1, 0.15) is 6.10 Å². The molecule has 0 radical (unpaired) electrons. The second-order valence-corrected chi connectivity index (χ2v) is 7.90. The molecule has 3 nitrogen and oxygen atoms in total. The molecule has 2 aromatic carbocycles. The smallest absolute Gasteiger partial charge is 0.336 e. The molecule has 0 aromatic heterocycles. The van der Waals surface area contributed by atoms with Crippen molar-refractivity contribution >= 4 is 17.7 Å². The Kier molecular flexibility index (Phi) is 4.89. The van der Waals surface area contributed by atoms with Crippen LogP contribution in [0.5, 0.6) is 0 Å². The predicted octanol–water partition coefficient (Wildman–Crippen LogP) is 4.24. The molecule has 1 heterocycles. The van der Waals surface area contributed by atoms with Crippen LogP contribution in [0.1, 0.15) is 53.4 Å². The van der Waals surface area contributed by atoms with Gasteiger partial charge in [-0.25, -0.2) is 4.79 Å². The Morgan fingerprint density at radius 3 is 2.76 bits per heavy atom. The lowest BCUT2D eigenvalue weighted by molar-refractivity contribution is 0.0696. The second-order valence-electron chi connectivity index (χ2n) is 6.76. The van der Waals surface area contributed by atoms with Crippen LogP contribution in [0.4, 0.5) is 0 Å². The largest absolute Gasteiger partial charge is 0.478 e. The molecule has 2 aromatic rings. The molecular formula is C21H20O3S. The summed E-state index contributed by atoms with van der Waals surface area (Å²) in [6, 6.07) is 12.5. The van der Waals surface area contributed by atoms with Crippen LogP contribution in [0, 0.1) is 11.8 Å². The SMILES string of the molecule is CC1(C)CCSc2ccc(C(O)C#Cc3ccccc3C(=O)O)cc21. The Hall–Kier alpha value is -2.22. The molecule has 1 aliphatic heterocycles. The first-order chi connectivity index (χ1) is 11.9. The number of hydrogen-bond donors (Lipinski definition) is 2. The van der Waals surface area contributed by atoms with Gasteiger partial charge in [-0.2, -0.15) is 0 Å². The van der Waals surface area contributed by atoms with Crippen molar-refractivity contribution in [1.82, 2.24) is 0 Å². The minimum absolute atomic E-state index is 0.0830. The van der Waals surface area contributed by atoms with E-state index in [1.807, 2.05) is 30.0 Å². The van der Waals surface area contributed by atoms with E-state index in [9.17, 15) is 15.0 Å². The number of thioether (sulfide) groups is 1. The monoisotopic (exact) mass is 352 g/mol. The molecule has 0 bridgehead atoms. The summed E-state index contributed by atoms with van der Waals surface area (Å²) in [6.07, 6.45) is 0.150. The van der Waals surface area contributed by atoms with Crippen LogP contribution in [0.25, 0.3) is 0 Å². The fourth-order valence-corrected chi connectivity index (χ4v) is 4.42. The summed E-state index contributed by atoms with van der Waals surface area (Å²) in [5.74, 6) is 5.67. The number of carbonyl (C=O) groups is 1. The van der Waals surface area contributed by atoms with Crippen LogP contribution in [0.2, 0.25) is 0 Å². The number of carboxylic acids is 1. The summed E-state index contributed by atoms with van der Waals surface area (Å²) in [5, 5.41) is 19.7. The highest BCUT2D eigenvalue weighted by Gasteiger charge is 2.28. The molecule has 0 saturated heterocycles. The van der Waals surface area contributed by atoms with Gasteiger partial charge >= 0.3 is 5.97 Å². The first-order valence-corrected chi connectivity index (χ1v) is 9.16. The molecule has 0 saturated carbocycles. The third kappa shape index (κ3) is 3.73. The zero-order valence-electron chi connectivity index (χ0n) is 14.2. The fourth-order valence-electron chi connectivity index (χ4n) is 2.93. The van der Waals surface area contributed by atoms with Gasteiger partial charge in [-0.1, -0.05) is 50.0 Å². The summed E-state index contributed by atoms with van der Waals surface area (Å²) < 4.78 is 0. The minimum atomic E-state index is -1.02. The Labute approximate surface area is 152 Å². The van der Waals surface area contributed by atoms with Gasteiger partial charge in [-0.15, -0.1) is 11.8 Å². The third-order valence-corrected chi connectivity index (χ3v) is 5.61. The Bertz CT molecular complexity index is 874. The first-order valence-electron chi connectivity index (χ1n) is 8.18. The van der Waals surface area contributed by atoms with Crippen LogP contribution >= 0.6 is 11.8 Å². The molecule has 1 aliphatic rings. The van der Waals surface area contributed by atoms with Gasteiger partial charge in [0.25, 0.3) is 0 Å². The zero-order valence-corrected chi connectivity index (χ0v) is 15.1. The fraction of sp³-hybridized carbons (Fsp3) is 0.286. The average Bonchev–Trinajstić information content (AvgIpc) is 2.59. The second kappa shape index (κ2) is 6.95. The minimum Gasteiger partial charge on any atom is -0.478 e. The number of fused-ring (bicyclic) bond motifs is 1. The summed E-state index contributed by atoms with van der Waals surface area (Å²) in [7, 11) is 0. The van der Waals surface area contributed by atoms with Crippen LogP contribution < -0.4 is 0 Å². The molecule has 0 aliphatic carbocycles. The molecule has 3 rings (SSSR count). The Morgan fingerprint density at radius 2 is 2.00 bits per heavy atom. The quantitative estimate of drug-likeness (QED) is 0.794. The number of benzene rings is 2. The molecule has 0 spiro atoms.